The van der Waals surface area contributed by atoms with E-state index < -0.39 is 17.6 Å². The van der Waals surface area contributed by atoms with Crippen molar-refractivity contribution >= 4 is 5.97 Å². The summed E-state index contributed by atoms with van der Waals surface area (Å²) >= 11 is 0. The molecule has 3 aromatic rings. The number of hydrogen-bond acceptors (Lipinski definition) is 4. The second kappa shape index (κ2) is 6.04. The summed E-state index contributed by atoms with van der Waals surface area (Å²) in [5, 5.41) is 4.18. The van der Waals surface area contributed by atoms with E-state index in [0.29, 0.717) is 11.5 Å². The number of rotatable bonds is 4. The van der Waals surface area contributed by atoms with Crippen molar-refractivity contribution in [3.63, 3.8) is 0 Å². The van der Waals surface area contributed by atoms with Gasteiger partial charge in [0, 0.05) is 12.1 Å². The van der Waals surface area contributed by atoms with Crippen LogP contribution in [0.15, 0.2) is 47.1 Å². The molecule has 1 aromatic carbocycles. The lowest BCUT2D eigenvalue weighted by Gasteiger charge is -2.07. The molecule has 0 aliphatic heterocycles. The van der Waals surface area contributed by atoms with Crippen LogP contribution in [0.5, 0.6) is 0 Å². The van der Waals surface area contributed by atoms with E-state index in [2.05, 4.69) is 5.10 Å². The van der Waals surface area contributed by atoms with E-state index in [4.69, 9.17) is 9.15 Å². The average Bonchev–Trinajstić information content (AvgIpc) is 3.16. The van der Waals surface area contributed by atoms with Crippen molar-refractivity contribution in [3.8, 4) is 17.1 Å². The zero-order valence-corrected chi connectivity index (χ0v) is 12.1. The van der Waals surface area contributed by atoms with Crippen LogP contribution in [0.25, 0.3) is 17.1 Å². The minimum atomic E-state index is -0.843. The molecule has 0 atom stereocenters. The number of ether oxygens (including phenoxy) is 1. The van der Waals surface area contributed by atoms with Crippen molar-refractivity contribution in [1.29, 1.82) is 0 Å². The Balaban J connectivity index is 2.15. The fourth-order valence-electron chi connectivity index (χ4n) is 2.11. The Morgan fingerprint density at radius 2 is 2.13 bits per heavy atom. The maximum absolute atomic E-state index is 14.0. The van der Waals surface area contributed by atoms with Gasteiger partial charge in [-0.2, -0.15) is 5.10 Å². The Morgan fingerprint density at radius 1 is 1.30 bits per heavy atom. The lowest BCUT2D eigenvalue weighted by molar-refractivity contribution is 0.0515. The topological polar surface area (TPSA) is 57.3 Å². The highest BCUT2D eigenvalue weighted by Crippen LogP contribution is 2.24. The number of furan rings is 1. The van der Waals surface area contributed by atoms with Gasteiger partial charge >= 0.3 is 5.97 Å². The first kappa shape index (κ1) is 15.0. The first-order valence-corrected chi connectivity index (χ1v) is 6.86. The molecule has 0 N–H and O–H groups in total. The van der Waals surface area contributed by atoms with E-state index in [-0.39, 0.29) is 18.0 Å². The summed E-state index contributed by atoms with van der Waals surface area (Å²) in [6.07, 6.45) is 1.46. The number of aromatic nitrogens is 2. The molecule has 3 rings (SSSR count). The quantitative estimate of drug-likeness (QED) is 0.690. The molecule has 0 fully saturated rings. The summed E-state index contributed by atoms with van der Waals surface area (Å²) < 4.78 is 38.4. The predicted octanol–water partition coefficient (Wildman–Crippen LogP) is 3.59. The summed E-state index contributed by atoms with van der Waals surface area (Å²) in [6.45, 7) is 1.82. The van der Waals surface area contributed by atoms with E-state index in [1.54, 1.807) is 19.1 Å². The van der Waals surface area contributed by atoms with Crippen LogP contribution < -0.4 is 0 Å². The molecule has 0 saturated carbocycles. The molecule has 0 amide bonds. The van der Waals surface area contributed by atoms with Gasteiger partial charge in [-0.15, -0.1) is 0 Å². The molecule has 0 bridgehead atoms. The van der Waals surface area contributed by atoms with Gasteiger partial charge in [-0.25, -0.2) is 18.3 Å². The number of benzene rings is 1. The number of nitrogens with zero attached hydrogens (tertiary/aromatic N) is 2. The molecule has 0 spiro atoms. The third kappa shape index (κ3) is 2.85. The summed E-state index contributed by atoms with van der Waals surface area (Å²) in [5.41, 5.74) is 0.290. The lowest BCUT2D eigenvalue weighted by atomic mass is 10.2. The SMILES string of the molecule is CCOC(=O)c1cc(-c2ccco2)nn1-c1ccc(F)cc1F. The fourth-order valence-corrected chi connectivity index (χ4v) is 2.11. The van der Waals surface area contributed by atoms with Gasteiger partial charge in [-0.1, -0.05) is 0 Å². The van der Waals surface area contributed by atoms with Crippen LogP contribution in [0.2, 0.25) is 0 Å². The minimum absolute atomic E-state index is 0.0174. The van der Waals surface area contributed by atoms with Crippen LogP contribution in [0.1, 0.15) is 17.4 Å². The first-order chi connectivity index (χ1) is 11.1. The van der Waals surface area contributed by atoms with Gasteiger partial charge in [-0.05, 0) is 31.2 Å². The summed E-state index contributed by atoms with van der Waals surface area (Å²) in [6, 6.07) is 7.76. The Morgan fingerprint density at radius 3 is 2.78 bits per heavy atom. The Hall–Kier alpha value is -2.96. The summed E-state index contributed by atoms with van der Waals surface area (Å²) in [5.74, 6) is -1.81. The monoisotopic (exact) mass is 318 g/mol. The molecular formula is C16H12F2N2O3. The van der Waals surface area contributed by atoms with Gasteiger partial charge < -0.3 is 9.15 Å². The van der Waals surface area contributed by atoms with Crippen molar-refractivity contribution < 1.29 is 22.7 Å². The lowest BCUT2D eigenvalue weighted by Crippen LogP contribution is -2.13. The van der Waals surface area contributed by atoms with Gasteiger partial charge in [0.1, 0.15) is 17.2 Å². The van der Waals surface area contributed by atoms with Crippen LogP contribution >= 0.6 is 0 Å². The molecule has 0 radical (unpaired) electrons. The molecular weight excluding hydrogens is 306 g/mol. The van der Waals surface area contributed by atoms with Crippen molar-refractivity contribution in [2.24, 2.45) is 0 Å². The third-order valence-corrected chi connectivity index (χ3v) is 3.11. The smallest absolute Gasteiger partial charge is 0.357 e. The molecule has 0 aliphatic rings. The van der Waals surface area contributed by atoms with Crippen molar-refractivity contribution in [2.75, 3.05) is 6.61 Å². The molecule has 0 saturated heterocycles. The van der Waals surface area contributed by atoms with E-state index in [9.17, 15) is 13.6 Å². The Bertz CT molecular complexity index is 841. The highest BCUT2D eigenvalue weighted by molar-refractivity contribution is 5.89. The molecule has 23 heavy (non-hydrogen) atoms. The maximum atomic E-state index is 14.0. The minimum Gasteiger partial charge on any atom is -0.463 e. The van der Waals surface area contributed by atoms with Gasteiger partial charge in [0.2, 0.25) is 0 Å². The van der Waals surface area contributed by atoms with Crippen LogP contribution in [0.4, 0.5) is 8.78 Å². The molecule has 7 heteroatoms. The summed E-state index contributed by atoms with van der Waals surface area (Å²) in [7, 11) is 0. The maximum Gasteiger partial charge on any atom is 0.357 e. The first-order valence-electron chi connectivity index (χ1n) is 6.86. The number of carbonyl (C=O) groups excluding carboxylic acids is 1. The molecule has 0 unspecified atom stereocenters. The standard InChI is InChI=1S/C16H12F2N2O3/c1-2-22-16(21)14-9-12(15-4-3-7-23-15)19-20(14)13-6-5-10(17)8-11(13)18/h3-9H,2H2,1H3. The van der Waals surface area contributed by atoms with Crippen LogP contribution in [-0.4, -0.2) is 22.4 Å². The number of hydrogen-bond donors (Lipinski definition) is 0. The molecule has 118 valence electrons. The molecule has 2 heterocycles. The van der Waals surface area contributed by atoms with Crippen LogP contribution in [-0.2, 0) is 4.74 Å². The van der Waals surface area contributed by atoms with E-state index in [1.165, 1.54) is 18.4 Å². The largest absolute Gasteiger partial charge is 0.463 e. The van der Waals surface area contributed by atoms with Crippen LogP contribution in [0, 0.1) is 11.6 Å². The van der Waals surface area contributed by atoms with E-state index in [1.807, 2.05) is 0 Å². The number of esters is 1. The normalized spacial score (nSPS) is 10.7. The van der Waals surface area contributed by atoms with Gasteiger partial charge in [0.15, 0.2) is 17.3 Å². The van der Waals surface area contributed by atoms with E-state index >= 15 is 0 Å². The van der Waals surface area contributed by atoms with Gasteiger partial charge in [0.05, 0.1) is 12.9 Å². The second-order valence-corrected chi connectivity index (χ2v) is 4.62. The number of halogens is 2. The highest BCUT2D eigenvalue weighted by atomic mass is 19.1. The zero-order chi connectivity index (χ0) is 16.4. The fraction of sp³-hybridized carbons (Fsp3) is 0.125. The van der Waals surface area contributed by atoms with Crippen LogP contribution in [0.3, 0.4) is 0 Å². The highest BCUT2D eigenvalue weighted by Gasteiger charge is 2.21. The second-order valence-electron chi connectivity index (χ2n) is 4.62. The average molecular weight is 318 g/mol. The molecule has 0 aliphatic carbocycles. The number of carbonyl (C=O) groups is 1. The summed E-state index contributed by atoms with van der Waals surface area (Å²) in [4.78, 5) is 12.1. The van der Waals surface area contributed by atoms with Crippen molar-refractivity contribution in [3.05, 3.63) is 60.0 Å². The zero-order valence-electron chi connectivity index (χ0n) is 12.1. The third-order valence-electron chi connectivity index (χ3n) is 3.11. The van der Waals surface area contributed by atoms with E-state index in [0.717, 1.165) is 16.8 Å². The molecule has 5 nitrogen and oxygen atoms in total. The Labute approximate surface area is 130 Å². The van der Waals surface area contributed by atoms with Gasteiger partial charge in [-0.3, -0.25) is 0 Å². The predicted molar refractivity (Wildman–Crippen MR) is 77.1 cm³/mol. The molecule has 2 aromatic heterocycles. The Kier molecular flexibility index (Phi) is 3.92. The van der Waals surface area contributed by atoms with Crippen molar-refractivity contribution in [2.45, 2.75) is 6.92 Å². The van der Waals surface area contributed by atoms with Gasteiger partial charge in [0.25, 0.3) is 0 Å². The van der Waals surface area contributed by atoms with Crippen molar-refractivity contribution in [1.82, 2.24) is 9.78 Å².